The minimum atomic E-state index is -3.80. The molecule has 0 saturated carbocycles. The third-order valence-electron chi connectivity index (χ3n) is 5.23. The molecule has 1 aromatic carbocycles. The minimum Gasteiger partial charge on any atom is -0.322 e. The Kier molecular flexibility index (Phi) is 5.69. The second-order valence-corrected chi connectivity index (χ2v) is 11.6. The first kappa shape index (κ1) is 22.2. The van der Waals surface area contributed by atoms with Gasteiger partial charge in [0.25, 0.3) is 5.91 Å². The summed E-state index contributed by atoms with van der Waals surface area (Å²) in [6.45, 7) is 1.71. The molecule has 0 aliphatic carbocycles. The summed E-state index contributed by atoms with van der Waals surface area (Å²) in [6.07, 6.45) is 3.33. The van der Waals surface area contributed by atoms with Crippen LogP contribution in [0.5, 0.6) is 0 Å². The molecule has 164 valence electrons. The van der Waals surface area contributed by atoms with Crippen LogP contribution in [0.15, 0.2) is 30.3 Å². The van der Waals surface area contributed by atoms with Crippen molar-refractivity contribution in [1.82, 2.24) is 14.9 Å². The molecule has 0 bridgehead atoms. The summed E-state index contributed by atoms with van der Waals surface area (Å²) in [5.41, 5.74) is 0.726. The zero-order valence-corrected chi connectivity index (χ0v) is 18.5. The van der Waals surface area contributed by atoms with Crippen molar-refractivity contribution >= 4 is 43.2 Å². The smallest absolute Gasteiger partial charge is 0.322 e. The Morgan fingerprint density at radius 2 is 1.90 bits per heavy atom. The van der Waals surface area contributed by atoms with E-state index >= 15 is 0 Å². The topological polar surface area (TPSA) is 133 Å². The molecule has 2 aliphatic heterocycles. The predicted octanol–water partition coefficient (Wildman–Crippen LogP) is 0.0994. The van der Waals surface area contributed by atoms with Gasteiger partial charge in [0.15, 0.2) is 0 Å². The molecule has 12 heteroatoms. The van der Waals surface area contributed by atoms with Crippen LogP contribution < -0.4 is 14.9 Å². The molecule has 0 radical (unpaired) electrons. The summed E-state index contributed by atoms with van der Waals surface area (Å²) < 4.78 is 51.6. The lowest BCUT2D eigenvalue weighted by Crippen LogP contribution is -2.52. The maximum absolute atomic E-state index is 12.8. The summed E-state index contributed by atoms with van der Waals surface area (Å²) in [6, 6.07) is 6.31. The van der Waals surface area contributed by atoms with Crippen LogP contribution >= 0.6 is 0 Å². The molecule has 0 aromatic heterocycles. The third kappa shape index (κ3) is 4.50. The van der Waals surface area contributed by atoms with Crippen LogP contribution in [0, 0.1) is 0 Å². The number of hydrogen-bond donors (Lipinski definition) is 2. The molecular weight excluding hydrogens is 432 g/mol. The normalized spacial score (nSPS) is 23.0. The van der Waals surface area contributed by atoms with Gasteiger partial charge in [-0.2, -0.15) is 4.31 Å². The quantitative estimate of drug-likeness (QED) is 0.584. The van der Waals surface area contributed by atoms with Gasteiger partial charge in [-0.05, 0) is 36.6 Å². The lowest BCUT2D eigenvalue weighted by molar-refractivity contribution is -0.122. The number of benzene rings is 1. The zero-order valence-electron chi connectivity index (χ0n) is 16.9. The van der Waals surface area contributed by atoms with Crippen molar-refractivity contribution in [3.63, 3.8) is 0 Å². The fourth-order valence-corrected chi connectivity index (χ4v) is 5.68. The maximum atomic E-state index is 12.8. The summed E-state index contributed by atoms with van der Waals surface area (Å²) in [7, 11) is -5.73. The van der Waals surface area contributed by atoms with Gasteiger partial charge in [0.1, 0.15) is 5.54 Å². The van der Waals surface area contributed by atoms with Crippen LogP contribution in [-0.2, 0) is 24.8 Å². The molecule has 1 fully saturated rings. The fourth-order valence-electron chi connectivity index (χ4n) is 3.40. The van der Waals surface area contributed by atoms with E-state index < -0.39 is 43.3 Å². The van der Waals surface area contributed by atoms with E-state index in [-0.39, 0.29) is 13.1 Å². The monoisotopic (exact) mass is 456 g/mol. The van der Waals surface area contributed by atoms with Crippen molar-refractivity contribution in [2.24, 2.45) is 0 Å². The Balaban J connectivity index is 1.75. The highest BCUT2D eigenvalue weighted by Gasteiger charge is 2.46. The summed E-state index contributed by atoms with van der Waals surface area (Å²) >= 11 is 0. The standard InChI is InChI=1S/C18H24N4O6S2/c1-18(16(23)19-17(24)20-18)12-30(27,28)22-9-7-13(8-10-22)14-5-4-6-15(11-14)21(2)29(3,25)26/h4-7,11H,8-10,12H2,1-3H3,(H2,19,20,23,24)/t18-/m1/s1. The largest absolute Gasteiger partial charge is 0.322 e. The van der Waals surface area contributed by atoms with Crippen molar-refractivity contribution in [1.29, 1.82) is 0 Å². The Bertz CT molecular complexity index is 1130. The third-order valence-corrected chi connectivity index (χ3v) is 8.50. The fraction of sp³-hybridized carbons (Fsp3) is 0.444. The Labute approximate surface area is 176 Å². The molecule has 0 spiro atoms. The van der Waals surface area contributed by atoms with Crippen molar-refractivity contribution in [2.45, 2.75) is 18.9 Å². The van der Waals surface area contributed by atoms with E-state index in [2.05, 4.69) is 10.6 Å². The van der Waals surface area contributed by atoms with Gasteiger partial charge in [-0.25, -0.2) is 21.6 Å². The van der Waals surface area contributed by atoms with Crippen LogP contribution in [0.1, 0.15) is 18.9 Å². The number of nitrogens with one attached hydrogen (secondary N) is 2. The number of amides is 3. The van der Waals surface area contributed by atoms with E-state index in [1.54, 1.807) is 24.3 Å². The molecule has 0 unspecified atom stereocenters. The number of sulfonamides is 2. The number of urea groups is 1. The van der Waals surface area contributed by atoms with E-state index in [4.69, 9.17) is 0 Å². The molecule has 3 rings (SSSR count). The zero-order chi connectivity index (χ0) is 22.3. The first-order chi connectivity index (χ1) is 13.8. The molecule has 2 heterocycles. The van der Waals surface area contributed by atoms with Crippen LogP contribution in [0.2, 0.25) is 0 Å². The van der Waals surface area contributed by atoms with Gasteiger partial charge in [-0.3, -0.25) is 14.4 Å². The highest BCUT2D eigenvalue weighted by Crippen LogP contribution is 2.28. The lowest BCUT2D eigenvalue weighted by Gasteiger charge is -2.29. The number of anilines is 1. The average Bonchev–Trinajstić information content (AvgIpc) is 2.91. The van der Waals surface area contributed by atoms with Gasteiger partial charge in [0, 0.05) is 20.1 Å². The number of carbonyl (C=O) groups is 2. The highest BCUT2D eigenvalue weighted by molar-refractivity contribution is 7.92. The van der Waals surface area contributed by atoms with Gasteiger partial charge in [0.2, 0.25) is 20.0 Å². The van der Waals surface area contributed by atoms with Gasteiger partial charge < -0.3 is 5.32 Å². The van der Waals surface area contributed by atoms with Crippen LogP contribution in [-0.4, -0.2) is 70.8 Å². The van der Waals surface area contributed by atoms with Gasteiger partial charge in [-0.15, -0.1) is 0 Å². The van der Waals surface area contributed by atoms with Gasteiger partial charge >= 0.3 is 6.03 Å². The van der Waals surface area contributed by atoms with Crippen molar-refractivity contribution < 1.29 is 26.4 Å². The second-order valence-electron chi connectivity index (χ2n) is 7.61. The predicted molar refractivity (Wildman–Crippen MR) is 113 cm³/mol. The molecule has 2 aliphatic rings. The first-order valence-electron chi connectivity index (χ1n) is 9.17. The second kappa shape index (κ2) is 7.67. The summed E-state index contributed by atoms with van der Waals surface area (Å²) in [4.78, 5) is 23.3. The average molecular weight is 457 g/mol. The number of rotatable bonds is 6. The Morgan fingerprint density at radius 3 is 2.43 bits per heavy atom. The molecule has 30 heavy (non-hydrogen) atoms. The molecule has 10 nitrogen and oxygen atoms in total. The van der Waals surface area contributed by atoms with E-state index in [1.165, 1.54) is 22.6 Å². The van der Waals surface area contributed by atoms with Crippen molar-refractivity contribution in [3.8, 4) is 0 Å². The Hall–Kier alpha value is -2.44. The summed E-state index contributed by atoms with van der Waals surface area (Å²) in [5.74, 6) is -1.20. The van der Waals surface area contributed by atoms with Crippen LogP contribution in [0.25, 0.3) is 5.57 Å². The van der Waals surface area contributed by atoms with E-state index in [9.17, 15) is 26.4 Å². The molecule has 1 aromatic rings. The molecule has 3 amide bonds. The van der Waals surface area contributed by atoms with Gasteiger partial charge in [-0.1, -0.05) is 18.2 Å². The number of hydrogen-bond acceptors (Lipinski definition) is 6. The lowest BCUT2D eigenvalue weighted by atomic mass is 10.00. The number of imide groups is 1. The van der Waals surface area contributed by atoms with Crippen molar-refractivity contribution in [3.05, 3.63) is 35.9 Å². The number of nitrogens with zero attached hydrogens (tertiary/aromatic N) is 2. The molecule has 1 saturated heterocycles. The summed E-state index contributed by atoms with van der Waals surface area (Å²) in [5, 5.41) is 4.42. The van der Waals surface area contributed by atoms with E-state index in [0.29, 0.717) is 12.1 Å². The number of carbonyl (C=O) groups excluding carboxylic acids is 2. The molecule has 1 atom stereocenters. The molecular formula is C18H24N4O6S2. The minimum absolute atomic E-state index is 0.120. The van der Waals surface area contributed by atoms with E-state index in [0.717, 1.165) is 17.4 Å². The van der Waals surface area contributed by atoms with Crippen molar-refractivity contribution in [2.75, 3.05) is 36.5 Å². The molecule has 2 N–H and O–H groups in total. The van der Waals surface area contributed by atoms with Crippen LogP contribution in [0.3, 0.4) is 0 Å². The maximum Gasteiger partial charge on any atom is 0.322 e. The first-order valence-corrected chi connectivity index (χ1v) is 12.6. The van der Waals surface area contributed by atoms with Gasteiger partial charge in [0.05, 0.1) is 17.7 Å². The Morgan fingerprint density at radius 1 is 1.20 bits per heavy atom. The van der Waals surface area contributed by atoms with Crippen LogP contribution in [0.4, 0.5) is 10.5 Å². The van der Waals surface area contributed by atoms with E-state index in [1.807, 2.05) is 6.07 Å². The SMILES string of the molecule is CN(c1cccc(C2=CCN(S(=O)(=O)C[C@@]3(C)NC(=O)NC3=O)CC2)c1)S(C)(=O)=O. The highest BCUT2D eigenvalue weighted by atomic mass is 32.2.